The van der Waals surface area contributed by atoms with Gasteiger partial charge in [-0.2, -0.15) is 0 Å². The Balaban J connectivity index is 1.86. The third-order valence-electron chi connectivity index (χ3n) is 6.09. The van der Waals surface area contributed by atoms with Gasteiger partial charge in [-0.15, -0.1) is 0 Å². The van der Waals surface area contributed by atoms with E-state index in [0.29, 0.717) is 15.9 Å². The molecule has 29 heavy (non-hydrogen) atoms. The molecule has 0 aromatic heterocycles. The molecule has 0 aliphatic carbocycles. The number of thioether (sulfide) groups is 1. The lowest BCUT2D eigenvalue weighted by molar-refractivity contribution is -0.154. The number of rotatable bonds is 4. The second-order valence-corrected chi connectivity index (χ2v) is 16.0. The minimum atomic E-state index is -1.95. The van der Waals surface area contributed by atoms with Crippen molar-refractivity contribution in [2.24, 2.45) is 10.9 Å². The Morgan fingerprint density at radius 3 is 2.62 bits per heavy atom. The van der Waals surface area contributed by atoms with Gasteiger partial charge in [-0.25, -0.2) is 4.99 Å². The summed E-state index contributed by atoms with van der Waals surface area (Å²) in [6.07, 6.45) is 0.737. The number of aliphatic imine (C=N–C) groups is 1. The number of amides is 1. The summed E-state index contributed by atoms with van der Waals surface area (Å²) in [4.78, 5) is 21.0. The molecule has 158 valence electrons. The number of hydrogen-bond donors (Lipinski definition) is 0. The molecule has 3 rings (SSSR count). The van der Waals surface area contributed by atoms with E-state index in [2.05, 4.69) is 67.5 Å². The van der Waals surface area contributed by atoms with Crippen LogP contribution < -0.4 is 0 Å². The van der Waals surface area contributed by atoms with Gasteiger partial charge in [0.15, 0.2) is 13.5 Å². The fourth-order valence-corrected chi connectivity index (χ4v) is 6.70. The molecule has 4 nitrogen and oxygen atoms in total. The van der Waals surface area contributed by atoms with Crippen LogP contribution in [0, 0.1) is 5.92 Å². The summed E-state index contributed by atoms with van der Waals surface area (Å²) in [6, 6.07) is 7.56. The van der Waals surface area contributed by atoms with Crippen LogP contribution in [-0.2, 0) is 9.22 Å². The minimum absolute atomic E-state index is 0.0887. The number of benzene rings is 1. The van der Waals surface area contributed by atoms with E-state index < -0.39 is 8.32 Å². The van der Waals surface area contributed by atoms with E-state index in [0.717, 1.165) is 6.42 Å². The van der Waals surface area contributed by atoms with Crippen molar-refractivity contribution in [3.8, 4) is 0 Å². The number of hydrogen-bond acceptors (Lipinski definition) is 4. The predicted octanol–water partition coefficient (Wildman–Crippen LogP) is 6.98. The Labute approximate surface area is 197 Å². The van der Waals surface area contributed by atoms with Crippen molar-refractivity contribution in [1.82, 2.24) is 4.90 Å². The lowest BCUT2D eigenvalue weighted by atomic mass is 9.81. The second kappa shape index (κ2) is 8.65. The molecule has 2 fully saturated rings. The van der Waals surface area contributed by atoms with Crippen LogP contribution in [0.3, 0.4) is 0 Å². The van der Waals surface area contributed by atoms with Crippen LogP contribution in [0.5, 0.6) is 0 Å². The number of para-hydroxylation sites is 1. The maximum Gasteiger partial charge on any atom is 0.236 e. The summed E-state index contributed by atoms with van der Waals surface area (Å²) in [5.74, 6) is -0.0279. The van der Waals surface area contributed by atoms with Crippen LogP contribution >= 0.6 is 46.0 Å². The maximum atomic E-state index is 13.2. The van der Waals surface area contributed by atoms with Gasteiger partial charge < -0.3 is 4.43 Å². The molecule has 0 unspecified atom stereocenters. The Morgan fingerprint density at radius 2 is 2.03 bits per heavy atom. The standard InChI is InChI=1S/C21H28ClIN2O2SSi/c1-13(27-29(5,6)21(2,3)4)18-17-11-14(12-23)28-20(25(17)19(18)26)24-16-10-8-7-9-15(16)22/h7-10,12-13,17-18H,11H2,1-6H3/b14-12+,24-20?/t13-,17-,18-/m1/s1. The quantitative estimate of drug-likeness (QED) is 0.226. The molecular weight excluding hydrogens is 535 g/mol. The number of nitrogens with zero attached hydrogens (tertiary/aromatic N) is 2. The van der Waals surface area contributed by atoms with Gasteiger partial charge in [-0.3, -0.25) is 9.69 Å². The summed E-state index contributed by atoms with van der Waals surface area (Å²) in [7, 11) is -1.95. The SMILES string of the molecule is C[C@@H](O[Si](C)(C)C(C)(C)C)[C@H]1C(=O)N2C(=Nc3ccccc3Cl)S/C(=C/I)C[C@H]12. The van der Waals surface area contributed by atoms with Gasteiger partial charge in [0.05, 0.1) is 28.8 Å². The fourth-order valence-electron chi connectivity index (χ4n) is 3.45. The second-order valence-electron chi connectivity index (χ2n) is 9.11. The minimum Gasteiger partial charge on any atom is -0.413 e. The van der Waals surface area contributed by atoms with E-state index in [1.807, 2.05) is 29.2 Å². The zero-order valence-corrected chi connectivity index (χ0v) is 22.4. The van der Waals surface area contributed by atoms with Crippen molar-refractivity contribution in [2.45, 2.75) is 64.4 Å². The van der Waals surface area contributed by atoms with Crippen LogP contribution in [0.25, 0.3) is 0 Å². The van der Waals surface area contributed by atoms with E-state index in [-0.39, 0.29) is 29.0 Å². The summed E-state index contributed by atoms with van der Waals surface area (Å²) in [5, 5.41) is 1.40. The highest BCUT2D eigenvalue weighted by molar-refractivity contribution is 14.1. The zero-order valence-electron chi connectivity index (χ0n) is 17.7. The van der Waals surface area contributed by atoms with E-state index in [9.17, 15) is 4.79 Å². The molecule has 1 aromatic rings. The molecule has 0 N–H and O–H groups in total. The summed E-state index contributed by atoms with van der Waals surface area (Å²) in [5.41, 5.74) is 0.687. The van der Waals surface area contributed by atoms with Crippen molar-refractivity contribution >= 4 is 71.0 Å². The molecule has 2 saturated heterocycles. The van der Waals surface area contributed by atoms with Crippen LogP contribution in [0.4, 0.5) is 5.69 Å². The number of fused-ring (bicyclic) bond motifs is 1. The molecule has 0 spiro atoms. The Kier molecular flexibility index (Phi) is 6.95. The molecule has 1 aromatic carbocycles. The van der Waals surface area contributed by atoms with E-state index >= 15 is 0 Å². The van der Waals surface area contributed by atoms with Crippen molar-refractivity contribution in [3.05, 3.63) is 38.3 Å². The summed E-state index contributed by atoms with van der Waals surface area (Å²) >= 11 is 10.1. The Morgan fingerprint density at radius 1 is 1.38 bits per heavy atom. The molecule has 0 bridgehead atoms. The molecular formula is C21H28ClIN2O2SSi. The van der Waals surface area contributed by atoms with Crippen molar-refractivity contribution in [2.75, 3.05) is 0 Å². The van der Waals surface area contributed by atoms with Gasteiger partial charge in [0.25, 0.3) is 0 Å². The molecule has 1 amide bonds. The molecule has 2 aliphatic heterocycles. The first-order valence-corrected chi connectivity index (χ1v) is 15.1. The average molecular weight is 563 g/mol. The third-order valence-corrected chi connectivity index (χ3v) is 13.2. The van der Waals surface area contributed by atoms with Crippen LogP contribution in [-0.4, -0.2) is 36.4 Å². The first kappa shape index (κ1) is 23.3. The largest absolute Gasteiger partial charge is 0.413 e. The lowest BCUT2D eigenvalue weighted by Gasteiger charge is -2.53. The predicted molar refractivity (Wildman–Crippen MR) is 135 cm³/mol. The normalized spacial score (nSPS) is 26.5. The van der Waals surface area contributed by atoms with Gasteiger partial charge in [0.2, 0.25) is 5.91 Å². The molecule has 3 atom stereocenters. The van der Waals surface area contributed by atoms with Crippen LogP contribution in [0.2, 0.25) is 23.2 Å². The van der Waals surface area contributed by atoms with E-state index in [1.165, 1.54) is 4.91 Å². The van der Waals surface area contributed by atoms with Gasteiger partial charge in [-0.05, 0) is 41.3 Å². The summed E-state index contributed by atoms with van der Waals surface area (Å²) in [6.45, 7) is 13.2. The number of carbonyl (C=O) groups excluding carboxylic acids is 1. The lowest BCUT2D eigenvalue weighted by Crippen LogP contribution is -2.68. The number of β-lactam (4-membered cyclic amide) rings is 1. The monoisotopic (exact) mass is 562 g/mol. The number of carbonyl (C=O) groups is 1. The molecule has 2 aliphatic rings. The van der Waals surface area contributed by atoms with E-state index in [1.54, 1.807) is 11.8 Å². The van der Waals surface area contributed by atoms with Crippen molar-refractivity contribution in [3.63, 3.8) is 0 Å². The maximum absolute atomic E-state index is 13.2. The highest BCUT2D eigenvalue weighted by atomic mass is 127. The highest BCUT2D eigenvalue weighted by Crippen LogP contribution is 2.47. The fraction of sp³-hybridized carbons (Fsp3) is 0.524. The number of amidine groups is 1. The average Bonchev–Trinajstić information content (AvgIpc) is 2.61. The Bertz CT molecular complexity index is 868. The molecule has 0 radical (unpaired) electrons. The third kappa shape index (κ3) is 4.63. The molecule has 2 heterocycles. The van der Waals surface area contributed by atoms with Crippen molar-refractivity contribution in [1.29, 1.82) is 0 Å². The summed E-state index contributed by atoms with van der Waals surface area (Å²) < 4.78 is 8.65. The molecule has 0 saturated carbocycles. The highest BCUT2D eigenvalue weighted by Gasteiger charge is 2.56. The zero-order chi connectivity index (χ0) is 21.6. The molecule has 8 heteroatoms. The van der Waals surface area contributed by atoms with Gasteiger partial charge in [0, 0.05) is 11.3 Å². The first-order valence-electron chi connectivity index (χ1n) is 9.77. The first-order chi connectivity index (χ1) is 13.5. The number of halogens is 2. The Hall–Kier alpha value is -0.353. The topological polar surface area (TPSA) is 41.9 Å². The van der Waals surface area contributed by atoms with Gasteiger partial charge >= 0.3 is 0 Å². The van der Waals surface area contributed by atoms with Crippen LogP contribution in [0.1, 0.15) is 34.1 Å². The smallest absolute Gasteiger partial charge is 0.236 e. The van der Waals surface area contributed by atoms with Crippen LogP contribution in [0.15, 0.2) is 38.2 Å². The van der Waals surface area contributed by atoms with Gasteiger partial charge in [0.1, 0.15) is 0 Å². The van der Waals surface area contributed by atoms with E-state index in [4.69, 9.17) is 21.0 Å². The van der Waals surface area contributed by atoms with Gasteiger partial charge in [-0.1, -0.05) is 78.9 Å². The van der Waals surface area contributed by atoms with Crippen molar-refractivity contribution < 1.29 is 9.22 Å².